The fraction of sp³-hybridized carbons (Fsp3) is 0.467. The lowest BCUT2D eigenvalue weighted by atomic mass is 9.98. The summed E-state index contributed by atoms with van der Waals surface area (Å²) < 4.78 is 0. The predicted molar refractivity (Wildman–Crippen MR) is 75.5 cm³/mol. The summed E-state index contributed by atoms with van der Waals surface area (Å²) in [4.78, 5) is 23.3. The number of carbonyl (C=O) groups is 2. The first-order chi connectivity index (χ1) is 9.68. The molecule has 20 heavy (non-hydrogen) atoms. The molecular formula is C15H20N2O3. The molecule has 1 aliphatic heterocycles. The maximum absolute atomic E-state index is 12.0. The van der Waals surface area contributed by atoms with Crippen molar-refractivity contribution in [3.63, 3.8) is 0 Å². The van der Waals surface area contributed by atoms with E-state index in [1.165, 1.54) is 0 Å². The number of carboxylic acid groups (broad SMARTS) is 1. The summed E-state index contributed by atoms with van der Waals surface area (Å²) in [5.41, 5.74) is 0.705. The van der Waals surface area contributed by atoms with Crippen LogP contribution in [-0.4, -0.2) is 36.1 Å². The van der Waals surface area contributed by atoms with Gasteiger partial charge in [0.15, 0.2) is 0 Å². The third kappa shape index (κ3) is 3.81. The number of piperidine rings is 1. The Labute approximate surface area is 118 Å². The average Bonchev–Trinajstić information content (AvgIpc) is 2.49. The molecule has 1 unspecified atom stereocenters. The standard InChI is InChI=1S/C15H20N2O3/c18-14(13-8-4-5-9-16-13)17-10-12(15(19)20)11-6-2-1-3-7-11/h1-3,6-7,12-13,16H,4-5,8-10H2,(H,17,18)(H,19,20)/t12?,13-/m1/s1. The topological polar surface area (TPSA) is 78.4 Å². The number of hydrogen-bond acceptors (Lipinski definition) is 3. The molecule has 108 valence electrons. The van der Waals surface area contributed by atoms with E-state index in [-0.39, 0.29) is 18.5 Å². The number of aliphatic carboxylic acids is 1. The van der Waals surface area contributed by atoms with Crippen molar-refractivity contribution in [3.8, 4) is 0 Å². The lowest BCUT2D eigenvalue weighted by Crippen LogP contribution is -2.47. The van der Waals surface area contributed by atoms with Gasteiger partial charge in [-0.3, -0.25) is 9.59 Å². The number of rotatable bonds is 5. The van der Waals surface area contributed by atoms with E-state index in [1.807, 2.05) is 6.07 Å². The first kappa shape index (κ1) is 14.5. The molecule has 1 heterocycles. The zero-order valence-corrected chi connectivity index (χ0v) is 11.3. The summed E-state index contributed by atoms with van der Waals surface area (Å²) >= 11 is 0. The van der Waals surface area contributed by atoms with Crippen LogP contribution in [-0.2, 0) is 9.59 Å². The molecule has 3 N–H and O–H groups in total. The van der Waals surface area contributed by atoms with Gasteiger partial charge in [0, 0.05) is 6.54 Å². The second-order valence-corrected chi connectivity index (χ2v) is 5.05. The highest BCUT2D eigenvalue weighted by molar-refractivity contribution is 5.83. The average molecular weight is 276 g/mol. The summed E-state index contributed by atoms with van der Waals surface area (Å²) in [7, 11) is 0. The van der Waals surface area contributed by atoms with Crippen molar-refractivity contribution in [2.75, 3.05) is 13.1 Å². The highest BCUT2D eigenvalue weighted by Crippen LogP contribution is 2.15. The largest absolute Gasteiger partial charge is 0.481 e. The summed E-state index contributed by atoms with van der Waals surface area (Å²) in [6.45, 7) is 0.968. The van der Waals surface area contributed by atoms with E-state index in [0.29, 0.717) is 5.56 Å². The van der Waals surface area contributed by atoms with Crippen molar-refractivity contribution in [2.24, 2.45) is 0 Å². The van der Waals surface area contributed by atoms with Gasteiger partial charge in [-0.05, 0) is 24.9 Å². The molecule has 0 aliphatic carbocycles. The van der Waals surface area contributed by atoms with Gasteiger partial charge in [0.1, 0.15) is 0 Å². The lowest BCUT2D eigenvalue weighted by molar-refractivity contribution is -0.138. The second kappa shape index (κ2) is 7.05. The van der Waals surface area contributed by atoms with Crippen molar-refractivity contribution in [1.82, 2.24) is 10.6 Å². The summed E-state index contributed by atoms with van der Waals surface area (Å²) in [5, 5.41) is 15.2. The predicted octanol–water partition coefficient (Wildman–Crippen LogP) is 1.11. The van der Waals surface area contributed by atoms with Crippen molar-refractivity contribution >= 4 is 11.9 Å². The number of benzene rings is 1. The highest BCUT2D eigenvalue weighted by atomic mass is 16.4. The van der Waals surface area contributed by atoms with Crippen LogP contribution in [0.15, 0.2) is 30.3 Å². The number of carboxylic acids is 1. The Morgan fingerprint density at radius 2 is 2.05 bits per heavy atom. The minimum Gasteiger partial charge on any atom is -0.481 e. The maximum atomic E-state index is 12.0. The fourth-order valence-electron chi connectivity index (χ4n) is 2.43. The van der Waals surface area contributed by atoms with Crippen LogP contribution in [0.4, 0.5) is 0 Å². The Bertz CT molecular complexity index is 455. The maximum Gasteiger partial charge on any atom is 0.312 e. The molecule has 0 bridgehead atoms. The molecule has 5 heteroatoms. The fourth-order valence-corrected chi connectivity index (χ4v) is 2.43. The Morgan fingerprint density at radius 3 is 2.65 bits per heavy atom. The molecule has 2 atom stereocenters. The monoisotopic (exact) mass is 276 g/mol. The molecule has 0 saturated carbocycles. The second-order valence-electron chi connectivity index (χ2n) is 5.05. The molecule has 1 aliphatic rings. The van der Waals surface area contributed by atoms with Gasteiger partial charge in [-0.2, -0.15) is 0 Å². The molecule has 1 aromatic carbocycles. The number of hydrogen-bond donors (Lipinski definition) is 3. The first-order valence-corrected chi connectivity index (χ1v) is 6.97. The summed E-state index contributed by atoms with van der Waals surface area (Å²) in [6.07, 6.45) is 2.94. The van der Waals surface area contributed by atoms with Gasteiger partial charge in [-0.25, -0.2) is 0 Å². The minimum atomic E-state index is -0.923. The van der Waals surface area contributed by atoms with E-state index in [9.17, 15) is 14.7 Å². The molecule has 1 saturated heterocycles. The zero-order valence-electron chi connectivity index (χ0n) is 11.3. The normalized spacial score (nSPS) is 20.1. The lowest BCUT2D eigenvalue weighted by Gasteiger charge is -2.23. The number of nitrogens with one attached hydrogen (secondary N) is 2. The Balaban J connectivity index is 1.92. The van der Waals surface area contributed by atoms with Crippen molar-refractivity contribution in [3.05, 3.63) is 35.9 Å². The summed E-state index contributed by atoms with van der Waals surface area (Å²) in [5.74, 6) is -1.73. The molecule has 1 aromatic rings. The van der Waals surface area contributed by atoms with E-state index < -0.39 is 11.9 Å². The van der Waals surface area contributed by atoms with Gasteiger partial charge < -0.3 is 15.7 Å². The zero-order chi connectivity index (χ0) is 14.4. The van der Waals surface area contributed by atoms with Crippen LogP contribution >= 0.6 is 0 Å². The van der Waals surface area contributed by atoms with Crippen LogP contribution in [0.1, 0.15) is 30.7 Å². The van der Waals surface area contributed by atoms with E-state index in [2.05, 4.69) is 10.6 Å². The molecular weight excluding hydrogens is 256 g/mol. The van der Waals surface area contributed by atoms with Crippen molar-refractivity contribution < 1.29 is 14.7 Å². The van der Waals surface area contributed by atoms with Crippen molar-refractivity contribution in [2.45, 2.75) is 31.2 Å². The van der Waals surface area contributed by atoms with Crippen LogP contribution in [0.5, 0.6) is 0 Å². The van der Waals surface area contributed by atoms with Crippen molar-refractivity contribution in [1.29, 1.82) is 0 Å². The Hall–Kier alpha value is -1.88. The minimum absolute atomic E-state index is 0.105. The molecule has 2 rings (SSSR count). The van der Waals surface area contributed by atoms with Crippen LogP contribution < -0.4 is 10.6 Å². The molecule has 0 spiro atoms. The van der Waals surface area contributed by atoms with E-state index >= 15 is 0 Å². The van der Waals surface area contributed by atoms with Crippen LogP contribution in [0, 0.1) is 0 Å². The van der Waals surface area contributed by atoms with Gasteiger partial charge in [0.2, 0.25) is 5.91 Å². The van der Waals surface area contributed by atoms with E-state index in [1.54, 1.807) is 24.3 Å². The van der Waals surface area contributed by atoms with E-state index in [4.69, 9.17) is 0 Å². The number of carbonyl (C=O) groups excluding carboxylic acids is 1. The van der Waals surface area contributed by atoms with Crippen LogP contribution in [0.2, 0.25) is 0 Å². The smallest absolute Gasteiger partial charge is 0.312 e. The molecule has 1 amide bonds. The molecule has 5 nitrogen and oxygen atoms in total. The van der Waals surface area contributed by atoms with Crippen LogP contribution in [0.25, 0.3) is 0 Å². The van der Waals surface area contributed by atoms with Gasteiger partial charge in [-0.15, -0.1) is 0 Å². The van der Waals surface area contributed by atoms with Gasteiger partial charge in [0.25, 0.3) is 0 Å². The van der Waals surface area contributed by atoms with Gasteiger partial charge >= 0.3 is 5.97 Å². The molecule has 0 aromatic heterocycles. The van der Waals surface area contributed by atoms with E-state index in [0.717, 1.165) is 25.8 Å². The Kier molecular flexibility index (Phi) is 5.12. The van der Waals surface area contributed by atoms with Gasteiger partial charge in [-0.1, -0.05) is 36.8 Å². The molecule has 0 radical (unpaired) electrons. The third-order valence-electron chi connectivity index (χ3n) is 3.61. The SMILES string of the molecule is O=C(O)C(CNC(=O)[C@H]1CCCCN1)c1ccccc1. The quantitative estimate of drug-likeness (QED) is 0.753. The number of amides is 1. The van der Waals surface area contributed by atoms with Crippen LogP contribution in [0.3, 0.4) is 0 Å². The third-order valence-corrected chi connectivity index (χ3v) is 3.61. The highest BCUT2D eigenvalue weighted by Gasteiger charge is 2.24. The molecule has 1 fully saturated rings. The summed E-state index contributed by atoms with van der Waals surface area (Å²) in [6, 6.07) is 8.79. The van der Waals surface area contributed by atoms with Gasteiger partial charge in [0.05, 0.1) is 12.0 Å². The Morgan fingerprint density at radius 1 is 1.30 bits per heavy atom. The first-order valence-electron chi connectivity index (χ1n) is 6.97.